The molecule has 41 heavy (non-hydrogen) atoms. The molecule has 2 aliphatic carbocycles. The van der Waals surface area contributed by atoms with E-state index in [0.29, 0.717) is 55.3 Å². The summed E-state index contributed by atoms with van der Waals surface area (Å²) < 4.78 is 30.2. The maximum absolute atomic E-state index is 13.5. The van der Waals surface area contributed by atoms with E-state index < -0.39 is 15.4 Å². The third-order valence-electron chi connectivity index (χ3n) is 8.53. The van der Waals surface area contributed by atoms with Crippen molar-refractivity contribution in [2.75, 3.05) is 29.5 Å². The van der Waals surface area contributed by atoms with Crippen LogP contribution in [0.15, 0.2) is 52.9 Å². The predicted molar refractivity (Wildman–Crippen MR) is 153 cm³/mol. The lowest BCUT2D eigenvalue weighted by molar-refractivity contribution is -0.127. The average Bonchev–Trinajstić information content (AvgIpc) is 3.63. The maximum atomic E-state index is 13.5. The van der Waals surface area contributed by atoms with Gasteiger partial charge in [-0.3, -0.25) is 4.79 Å². The molecular formula is C31H31N5O4S. The van der Waals surface area contributed by atoms with Crippen LogP contribution in [0.1, 0.15) is 55.8 Å². The van der Waals surface area contributed by atoms with Crippen molar-refractivity contribution in [3.05, 3.63) is 59.9 Å². The molecule has 0 spiro atoms. The Morgan fingerprint density at radius 2 is 1.63 bits per heavy atom. The second-order valence-corrected chi connectivity index (χ2v) is 13.6. The standard InChI is InChI=1S/C31H31N5O4S/c32-19-21-5-7-23(8-6-21)30-34-27(22-9-11-24(12-10-22)36-15-17-41(38,39)18-16-36)28(40-30)25-3-1-2-4-26(25)29(37)35-31(20-33)13-14-31/h5-12,25-26H,1-4,13-18H2,(H,35,37). The van der Waals surface area contributed by atoms with Crippen LogP contribution in [0.4, 0.5) is 5.69 Å². The number of carbonyl (C=O) groups excluding carboxylic acids is 1. The van der Waals surface area contributed by atoms with Gasteiger partial charge in [-0.25, -0.2) is 13.4 Å². The molecule has 3 aliphatic rings. The zero-order valence-corrected chi connectivity index (χ0v) is 23.5. The van der Waals surface area contributed by atoms with Crippen molar-refractivity contribution < 1.29 is 17.6 Å². The highest BCUT2D eigenvalue weighted by atomic mass is 32.2. The van der Waals surface area contributed by atoms with E-state index in [-0.39, 0.29) is 29.2 Å². The van der Waals surface area contributed by atoms with Gasteiger partial charge in [0.1, 0.15) is 17.0 Å². The van der Waals surface area contributed by atoms with E-state index in [1.165, 1.54) is 0 Å². The van der Waals surface area contributed by atoms with Gasteiger partial charge in [0.25, 0.3) is 0 Å². The van der Waals surface area contributed by atoms with Crippen molar-refractivity contribution in [2.45, 2.75) is 50.0 Å². The summed E-state index contributed by atoms with van der Waals surface area (Å²) in [5.41, 5.74) is 3.00. The van der Waals surface area contributed by atoms with Crippen LogP contribution in [0, 0.1) is 28.6 Å². The molecule has 10 heteroatoms. The molecule has 2 saturated carbocycles. The minimum absolute atomic E-state index is 0.105. The van der Waals surface area contributed by atoms with Crippen molar-refractivity contribution in [1.82, 2.24) is 10.3 Å². The Morgan fingerprint density at radius 1 is 0.976 bits per heavy atom. The van der Waals surface area contributed by atoms with E-state index in [0.717, 1.165) is 36.1 Å². The average molecular weight is 570 g/mol. The van der Waals surface area contributed by atoms with E-state index in [2.05, 4.69) is 22.4 Å². The lowest BCUT2D eigenvalue weighted by Crippen LogP contribution is -2.42. The fourth-order valence-corrected chi connectivity index (χ4v) is 7.08. The molecule has 3 aromatic rings. The minimum atomic E-state index is -2.98. The third-order valence-corrected chi connectivity index (χ3v) is 10.1. The molecule has 1 saturated heterocycles. The van der Waals surface area contributed by atoms with Crippen LogP contribution in [-0.2, 0) is 14.6 Å². The summed E-state index contributed by atoms with van der Waals surface area (Å²) in [5, 5.41) is 21.8. The van der Waals surface area contributed by atoms with Crippen molar-refractivity contribution in [3.63, 3.8) is 0 Å². The van der Waals surface area contributed by atoms with Gasteiger partial charge < -0.3 is 14.6 Å². The first kappa shape index (κ1) is 27.0. The Kier molecular flexibility index (Phi) is 7.04. The van der Waals surface area contributed by atoms with Crippen molar-refractivity contribution in [1.29, 1.82) is 10.5 Å². The van der Waals surface area contributed by atoms with Crippen LogP contribution < -0.4 is 10.2 Å². The summed E-state index contributed by atoms with van der Waals surface area (Å²) in [4.78, 5) is 20.4. The zero-order chi connectivity index (χ0) is 28.6. The van der Waals surface area contributed by atoms with Gasteiger partial charge >= 0.3 is 0 Å². The number of anilines is 1. The number of carbonyl (C=O) groups is 1. The highest BCUT2D eigenvalue weighted by Gasteiger charge is 2.47. The lowest BCUT2D eigenvalue weighted by atomic mass is 9.76. The molecule has 2 aromatic carbocycles. The summed E-state index contributed by atoms with van der Waals surface area (Å²) in [6.07, 6.45) is 4.73. The summed E-state index contributed by atoms with van der Waals surface area (Å²) >= 11 is 0. The number of hydrogen-bond acceptors (Lipinski definition) is 8. The van der Waals surface area contributed by atoms with Gasteiger partial charge in [0.05, 0.1) is 29.2 Å². The zero-order valence-electron chi connectivity index (χ0n) is 22.7. The largest absolute Gasteiger partial charge is 0.440 e. The van der Waals surface area contributed by atoms with Crippen LogP contribution in [-0.4, -0.2) is 49.4 Å². The molecule has 2 atom stereocenters. The first-order chi connectivity index (χ1) is 19.8. The molecular weight excluding hydrogens is 538 g/mol. The Bertz CT molecular complexity index is 1630. The van der Waals surface area contributed by atoms with Gasteiger partial charge in [-0.2, -0.15) is 10.5 Å². The highest BCUT2D eigenvalue weighted by Crippen LogP contribution is 2.45. The second kappa shape index (κ2) is 10.7. The number of aromatic nitrogens is 1. The van der Waals surface area contributed by atoms with Gasteiger partial charge in [-0.1, -0.05) is 25.0 Å². The van der Waals surface area contributed by atoms with Crippen LogP contribution in [0.25, 0.3) is 22.7 Å². The molecule has 2 unspecified atom stereocenters. The Balaban J connectivity index is 1.35. The summed E-state index contributed by atoms with van der Waals surface area (Å²) in [5.74, 6) is 0.742. The molecule has 3 fully saturated rings. The van der Waals surface area contributed by atoms with Crippen LogP contribution in [0.2, 0.25) is 0 Å². The van der Waals surface area contributed by atoms with E-state index in [4.69, 9.17) is 9.40 Å². The maximum Gasteiger partial charge on any atom is 0.226 e. The number of oxazole rings is 1. The molecule has 9 nitrogen and oxygen atoms in total. The van der Waals surface area contributed by atoms with Crippen LogP contribution in [0.5, 0.6) is 0 Å². The normalized spacial score (nSPS) is 22.7. The topological polar surface area (TPSA) is 140 Å². The number of nitrogens with one attached hydrogen (secondary N) is 1. The molecule has 6 rings (SSSR count). The summed E-state index contributed by atoms with van der Waals surface area (Å²) in [6, 6.07) is 19.3. The smallest absolute Gasteiger partial charge is 0.226 e. The Hall–Kier alpha value is -4.15. The second-order valence-electron chi connectivity index (χ2n) is 11.3. The number of benzene rings is 2. The van der Waals surface area contributed by atoms with Crippen molar-refractivity contribution in [3.8, 4) is 34.8 Å². The van der Waals surface area contributed by atoms with Gasteiger partial charge in [-0.15, -0.1) is 0 Å². The molecule has 1 N–H and O–H groups in total. The Labute approximate surface area is 239 Å². The first-order valence-electron chi connectivity index (χ1n) is 14.1. The number of nitriles is 2. The number of sulfone groups is 1. The monoisotopic (exact) mass is 569 g/mol. The molecule has 210 valence electrons. The van der Waals surface area contributed by atoms with Crippen molar-refractivity contribution in [2.24, 2.45) is 5.92 Å². The number of amides is 1. The van der Waals surface area contributed by atoms with E-state index in [9.17, 15) is 23.7 Å². The minimum Gasteiger partial charge on any atom is -0.440 e. The predicted octanol–water partition coefficient (Wildman–Crippen LogP) is 4.56. The number of nitrogens with zero attached hydrogens (tertiary/aromatic N) is 4. The van der Waals surface area contributed by atoms with Gasteiger partial charge in [0.15, 0.2) is 9.84 Å². The molecule has 1 amide bonds. The SMILES string of the molecule is N#Cc1ccc(-c2nc(-c3ccc(N4CCS(=O)(=O)CC4)cc3)c(C3CCCCC3C(=O)NC3(C#N)CC3)o2)cc1. The Morgan fingerprint density at radius 3 is 2.27 bits per heavy atom. The number of hydrogen-bond donors (Lipinski definition) is 1. The lowest BCUT2D eigenvalue weighted by Gasteiger charge is -2.30. The van der Waals surface area contributed by atoms with Crippen molar-refractivity contribution >= 4 is 21.4 Å². The fraction of sp³-hybridized carbons (Fsp3) is 0.419. The van der Waals surface area contributed by atoms with E-state index in [1.54, 1.807) is 24.3 Å². The summed E-state index contributed by atoms with van der Waals surface area (Å²) in [7, 11) is -2.98. The molecule has 1 aliphatic heterocycles. The third kappa shape index (κ3) is 5.57. The van der Waals surface area contributed by atoms with Gasteiger partial charge in [0.2, 0.25) is 11.8 Å². The molecule has 0 radical (unpaired) electrons. The van der Waals surface area contributed by atoms with Gasteiger partial charge in [0, 0.05) is 41.7 Å². The molecule has 1 aromatic heterocycles. The van der Waals surface area contributed by atoms with Crippen LogP contribution >= 0.6 is 0 Å². The number of rotatable bonds is 6. The first-order valence-corrected chi connectivity index (χ1v) is 15.9. The quantitative estimate of drug-likeness (QED) is 0.456. The van der Waals surface area contributed by atoms with E-state index in [1.807, 2.05) is 24.3 Å². The summed E-state index contributed by atoms with van der Waals surface area (Å²) in [6.45, 7) is 0.922. The molecule has 0 bridgehead atoms. The fourth-order valence-electron chi connectivity index (χ4n) is 5.88. The molecule has 2 heterocycles. The van der Waals surface area contributed by atoms with Crippen LogP contribution in [0.3, 0.4) is 0 Å². The highest BCUT2D eigenvalue weighted by molar-refractivity contribution is 7.91. The van der Waals surface area contributed by atoms with Gasteiger partial charge in [-0.05, 0) is 62.1 Å². The van der Waals surface area contributed by atoms with E-state index >= 15 is 0 Å².